The zero-order valence-electron chi connectivity index (χ0n) is 21.8. The van der Waals surface area contributed by atoms with E-state index in [4.69, 9.17) is 18.6 Å². The van der Waals surface area contributed by atoms with Crippen LogP contribution in [0.2, 0.25) is 0 Å². The molecule has 1 aromatic carbocycles. The van der Waals surface area contributed by atoms with E-state index >= 15 is 0 Å². The van der Waals surface area contributed by atoms with Crippen molar-refractivity contribution in [1.82, 2.24) is 0 Å². The highest BCUT2D eigenvalue weighted by Gasteiger charge is 2.28. The Balaban J connectivity index is 1.72. The number of ether oxygens (including phenoxy) is 3. The third kappa shape index (κ3) is 7.01. The van der Waals surface area contributed by atoms with Crippen LogP contribution in [0.5, 0.6) is 5.75 Å². The molecule has 0 fully saturated rings. The van der Waals surface area contributed by atoms with Crippen LogP contribution in [-0.4, -0.2) is 31.1 Å². The number of amides is 1. The van der Waals surface area contributed by atoms with Gasteiger partial charge in [-0.1, -0.05) is 32.9 Å². The molecule has 0 bridgehead atoms. The Morgan fingerprint density at radius 2 is 1.73 bits per heavy atom. The maximum Gasteiger partial charge on any atom is 0.348 e. The van der Waals surface area contributed by atoms with E-state index in [1.54, 1.807) is 19.9 Å². The van der Waals surface area contributed by atoms with Crippen LogP contribution in [0, 0.1) is 6.92 Å². The number of anilines is 1. The van der Waals surface area contributed by atoms with Gasteiger partial charge in [-0.05, 0) is 68.0 Å². The molecule has 9 heteroatoms. The van der Waals surface area contributed by atoms with Gasteiger partial charge in [0.05, 0.1) is 18.8 Å². The highest BCUT2D eigenvalue weighted by molar-refractivity contribution is 7.18. The molecule has 3 rings (SSSR count). The summed E-state index contributed by atoms with van der Waals surface area (Å²) >= 11 is 0.964. The molecule has 37 heavy (non-hydrogen) atoms. The molecule has 2 heterocycles. The van der Waals surface area contributed by atoms with Crippen LogP contribution < -0.4 is 10.1 Å². The molecule has 0 aliphatic carbocycles. The number of hydrogen-bond acceptors (Lipinski definition) is 8. The van der Waals surface area contributed by atoms with Gasteiger partial charge < -0.3 is 23.9 Å². The summed E-state index contributed by atoms with van der Waals surface area (Å²) in [6.45, 7) is 10.1. The molecule has 1 amide bonds. The molecule has 198 valence electrons. The van der Waals surface area contributed by atoms with E-state index in [1.807, 2.05) is 31.2 Å². The molecule has 0 saturated heterocycles. The zero-order valence-corrected chi connectivity index (χ0v) is 22.7. The standard InChI is InChI=1S/C28H33NO7S/c1-6-15-34-27(31)23-18(5)24(28(32)33-8-3)37-26(23)29-25(30)22-14-13-21(36-22)16-35-20-11-9-19(10-12-20)17(4)7-2/h9-14,17H,6-8,15-16H2,1-5H3,(H,29,30). The second-order valence-corrected chi connectivity index (χ2v) is 9.52. The monoisotopic (exact) mass is 527 g/mol. The maximum absolute atomic E-state index is 12.9. The van der Waals surface area contributed by atoms with E-state index in [0.717, 1.165) is 17.8 Å². The predicted octanol–water partition coefficient (Wildman–Crippen LogP) is 6.74. The molecule has 1 N–H and O–H groups in total. The number of esters is 2. The van der Waals surface area contributed by atoms with Gasteiger partial charge in [0, 0.05) is 0 Å². The minimum Gasteiger partial charge on any atom is -0.486 e. The van der Waals surface area contributed by atoms with Crippen LogP contribution in [0.15, 0.2) is 40.8 Å². The van der Waals surface area contributed by atoms with Gasteiger partial charge in [-0.25, -0.2) is 9.59 Å². The van der Waals surface area contributed by atoms with E-state index in [2.05, 4.69) is 19.2 Å². The number of carbonyl (C=O) groups is 3. The lowest BCUT2D eigenvalue weighted by Gasteiger charge is -2.10. The summed E-state index contributed by atoms with van der Waals surface area (Å²) < 4.78 is 21.8. The number of hydrogen-bond donors (Lipinski definition) is 1. The SMILES string of the molecule is CCCOC(=O)c1c(NC(=O)c2ccc(COc3ccc(C(C)CC)cc3)o2)sc(C(=O)OCC)c1C. The summed E-state index contributed by atoms with van der Waals surface area (Å²) in [5.41, 5.74) is 1.78. The molecular weight excluding hydrogens is 494 g/mol. The van der Waals surface area contributed by atoms with Crippen LogP contribution in [0.25, 0.3) is 0 Å². The second kappa shape index (κ2) is 13.1. The summed E-state index contributed by atoms with van der Waals surface area (Å²) in [5, 5.41) is 2.88. The van der Waals surface area contributed by atoms with Crippen molar-refractivity contribution in [3.63, 3.8) is 0 Å². The van der Waals surface area contributed by atoms with E-state index in [-0.39, 0.29) is 41.0 Å². The molecular formula is C28H33NO7S. The van der Waals surface area contributed by atoms with Gasteiger partial charge in [0.2, 0.25) is 0 Å². The highest BCUT2D eigenvalue weighted by Crippen LogP contribution is 2.35. The summed E-state index contributed by atoms with van der Waals surface area (Å²) in [6.07, 6.45) is 1.70. The molecule has 3 aromatic rings. The number of thiophene rings is 1. The average molecular weight is 528 g/mol. The first-order chi connectivity index (χ1) is 17.8. The van der Waals surface area contributed by atoms with Crippen molar-refractivity contribution >= 4 is 34.2 Å². The van der Waals surface area contributed by atoms with Crippen LogP contribution >= 0.6 is 11.3 Å². The summed E-state index contributed by atoms with van der Waals surface area (Å²) in [5.74, 6) is -0.0556. The van der Waals surface area contributed by atoms with Gasteiger partial charge >= 0.3 is 11.9 Å². The third-order valence-corrected chi connectivity index (χ3v) is 6.99. The first kappa shape index (κ1) is 28.0. The normalized spacial score (nSPS) is 11.6. The Labute approximate surface area is 220 Å². The molecule has 0 spiro atoms. The molecule has 8 nitrogen and oxygen atoms in total. The molecule has 2 aromatic heterocycles. The lowest BCUT2D eigenvalue weighted by atomic mass is 9.99. The molecule has 0 aliphatic rings. The van der Waals surface area contributed by atoms with E-state index < -0.39 is 17.8 Å². The van der Waals surface area contributed by atoms with Gasteiger partial charge in [0.25, 0.3) is 5.91 Å². The summed E-state index contributed by atoms with van der Waals surface area (Å²) in [6, 6.07) is 11.1. The van der Waals surface area contributed by atoms with Crippen LogP contribution in [0.4, 0.5) is 5.00 Å². The Hall–Kier alpha value is -3.59. The van der Waals surface area contributed by atoms with Gasteiger partial charge in [-0.3, -0.25) is 4.79 Å². The Kier molecular flexibility index (Phi) is 9.91. The van der Waals surface area contributed by atoms with Crippen molar-refractivity contribution in [2.24, 2.45) is 0 Å². The van der Waals surface area contributed by atoms with E-state index in [9.17, 15) is 14.4 Å². The van der Waals surface area contributed by atoms with E-state index in [0.29, 0.717) is 29.4 Å². The number of nitrogens with one attached hydrogen (secondary N) is 1. The Morgan fingerprint density at radius 3 is 2.38 bits per heavy atom. The number of furan rings is 1. The van der Waals surface area contributed by atoms with Crippen LogP contribution in [0.1, 0.15) is 93.9 Å². The van der Waals surface area contributed by atoms with Gasteiger partial charge in [-0.2, -0.15) is 0 Å². The molecule has 0 radical (unpaired) electrons. The first-order valence-corrected chi connectivity index (χ1v) is 13.2. The third-order valence-electron chi connectivity index (χ3n) is 5.80. The predicted molar refractivity (Wildman–Crippen MR) is 142 cm³/mol. The van der Waals surface area contributed by atoms with Crippen molar-refractivity contribution < 1.29 is 33.0 Å². The average Bonchev–Trinajstić information content (AvgIpc) is 3.50. The van der Waals surface area contributed by atoms with Gasteiger partial charge in [-0.15, -0.1) is 11.3 Å². The minimum absolute atomic E-state index is 0.0438. The van der Waals surface area contributed by atoms with Crippen molar-refractivity contribution in [2.75, 3.05) is 18.5 Å². The maximum atomic E-state index is 12.9. The lowest BCUT2D eigenvalue weighted by Crippen LogP contribution is -2.14. The number of carbonyl (C=O) groups excluding carboxylic acids is 3. The fraction of sp³-hybridized carbons (Fsp3) is 0.393. The molecule has 1 unspecified atom stereocenters. The fourth-order valence-electron chi connectivity index (χ4n) is 3.53. The summed E-state index contributed by atoms with van der Waals surface area (Å²) in [4.78, 5) is 38.2. The van der Waals surface area contributed by atoms with Crippen molar-refractivity contribution in [1.29, 1.82) is 0 Å². The van der Waals surface area contributed by atoms with Gasteiger partial charge in [0.15, 0.2) is 5.76 Å². The van der Waals surface area contributed by atoms with Crippen molar-refractivity contribution in [3.8, 4) is 5.75 Å². The Bertz CT molecular complexity index is 1230. The first-order valence-electron chi connectivity index (χ1n) is 12.4. The topological polar surface area (TPSA) is 104 Å². The largest absolute Gasteiger partial charge is 0.486 e. The zero-order chi connectivity index (χ0) is 26.9. The molecule has 0 saturated carbocycles. The number of rotatable bonds is 12. The fourth-order valence-corrected chi connectivity index (χ4v) is 4.61. The van der Waals surface area contributed by atoms with Crippen LogP contribution in [0.3, 0.4) is 0 Å². The highest BCUT2D eigenvalue weighted by atomic mass is 32.1. The lowest BCUT2D eigenvalue weighted by molar-refractivity contribution is 0.0506. The van der Waals surface area contributed by atoms with Crippen molar-refractivity contribution in [2.45, 2.75) is 60.0 Å². The minimum atomic E-state index is -0.616. The smallest absolute Gasteiger partial charge is 0.348 e. The Morgan fingerprint density at radius 1 is 1.00 bits per heavy atom. The van der Waals surface area contributed by atoms with Crippen LogP contribution in [-0.2, 0) is 16.1 Å². The summed E-state index contributed by atoms with van der Waals surface area (Å²) in [7, 11) is 0. The second-order valence-electron chi connectivity index (χ2n) is 8.50. The molecule has 1 atom stereocenters. The molecule has 0 aliphatic heterocycles. The van der Waals surface area contributed by atoms with Gasteiger partial charge in [0.1, 0.15) is 28.0 Å². The van der Waals surface area contributed by atoms with Crippen molar-refractivity contribution in [3.05, 3.63) is 69.5 Å². The quantitative estimate of drug-likeness (QED) is 0.260. The number of benzene rings is 1. The van der Waals surface area contributed by atoms with E-state index in [1.165, 1.54) is 11.6 Å².